The molecule has 0 bridgehead atoms. The molecule has 0 unspecified atom stereocenters. The number of thiocarbonyl (C=S) groups is 1. The number of hydrogen-bond donors (Lipinski definition) is 4. The number of benzene rings is 1. The van der Waals surface area contributed by atoms with Crippen LogP contribution in [0.4, 0.5) is 21.9 Å². The Bertz CT molecular complexity index is 747. The van der Waals surface area contributed by atoms with Crippen LogP contribution in [-0.4, -0.2) is 38.7 Å². The van der Waals surface area contributed by atoms with Gasteiger partial charge in [-0.05, 0) is 33.3 Å². The minimum Gasteiger partial charge on any atom is -0.481 e. The highest BCUT2D eigenvalue weighted by Crippen LogP contribution is 2.25. The van der Waals surface area contributed by atoms with Gasteiger partial charge >= 0.3 is 12.1 Å². The van der Waals surface area contributed by atoms with Gasteiger partial charge in [-0.1, -0.05) is 12.2 Å². The van der Waals surface area contributed by atoms with Gasteiger partial charge in [-0.15, -0.1) is 0 Å². The van der Waals surface area contributed by atoms with Gasteiger partial charge in [-0.3, -0.25) is 14.9 Å². The lowest BCUT2D eigenvalue weighted by Gasteiger charge is -2.24. The third kappa shape index (κ3) is 7.86. The standard InChI is InChI=1S/C16H22N4O6S/c1-16(2,3)26-15(23)19-11(6-7-13(21)22)14(27)18-12-8-9(20(24)25)4-5-10(12)17/h4-5,8,11H,6-7,17H2,1-3H3,(H,18,27)(H,19,23)(H,21,22)/t11-/m0/s1. The first kappa shape index (κ1) is 22.1. The molecule has 1 atom stereocenters. The van der Waals surface area contributed by atoms with E-state index in [2.05, 4.69) is 10.6 Å². The third-order valence-electron chi connectivity index (χ3n) is 3.16. The van der Waals surface area contributed by atoms with Crippen LogP contribution < -0.4 is 16.4 Å². The average Bonchev–Trinajstić information content (AvgIpc) is 2.51. The smallest absolute Gasteiger partial charge is 0.408 e. The molecule has 0 fully saturated rings. The Morgan fingerprint density at radius 1 is 1.41 bits per heavy atom. The first-order valence-electron chi connectivity index (χ1n) is 7.95. The summed E-state index contributed by atoms with van der Waals surface area (Å²) in [5.74, 6) is -1.07. The number of hydrogen-bond acceptors (Lipinski definition) is 7. The van der Waals surface area contributed by atoms with Crippen LogP contribution in [0.15, 0.2) is 18.2 Å². The van der Waals surface area contributed by atoms with Crippen molar-refractivity contribution in [2.45, 2.75) is 45.3 Å². The quantitative estimate of drug-likeness (QED) is 0.234. The van der Waals surface area contributed by atoms with Gasteiger partial charge in [0.05, 0.1) is 22.3 Å². The number of nitro groups is 1. The number of nitrogens with two attached hydrogens (primary N) is 1. The summed E-state index contributed by atoms with van der Waals surface area (Å²) in [7, 11) is 0. The highest BCUT2D eigenvalue weighted by Gasteiger charge is 2.23. The molecule has 0 aliphatic rings. The molecule has 1 amide bonds. The van der Waals surface area contributed by atoms with E-state index < -0.39 is 28.6 Å². The van der Waals surface area contributed by atoms with Crippen molar-refractivity contribution in [3.63, 3.8) is 0 Å². The molecule has 0 saturated heterocycles. The predicted octanol–water partition coefficient (Wildman–Crippen LogP) is 2.67. The van der Waals surface area contributed by atoms with Crippen LogP contribution in [0.2, 0.25) is 0 Å². The Morgan fingerprint density at radius 3 is 2.56 bits per heavy atom. The second kappa shape index (κ2) is 9.12. The van der Waals surface area contributed by atoms with Gasteiger partial charge in [-0.2, -0.15) is 0 Å². The molecule has 11 heteroatoms. The number of carboxylic acids is 1. The van der Waals surface area contributed by atoms with Gasteiger partial charge < -0.3 is 26.2 Å². The van der Waals surface area contributed by atoms with Crippen LogP contribution in [0.5, 0.6) is 0 Å². The number of rotatable bonds is 7. The summed E-state index contributed by atoms with van der Waals surface area (Å²) in [5.41, 5.74) is 5.23. The Balaban J connectivity index is 2.96. The molecule has 0 aliphatic heterocycles. The maximum absolute atomic E-state index is 12.0. The maximum atomic E-state index is 12.0. The van der Waals surface area contributed by atoms with E-state index in [4.69, 9.17) is 27.8 Å². The fourth-order valence-corrected chi connectivity index (χ4v) is 2.26. The van der Waals surface area contributed by atoms with Crippen LogP contribution in [0.25, 0.3) is 0 Å². The highest BCUT2D eigenvalue weighted by molar-refractivity contribution is 7.80. The molecule has 1 aromatic rings. The van der Waals surface area contributed by atoms with Crippen LogP contribution in [0, 0.1) is 10.1 Å². The largest absolute Gasteiger partial charge is 0.481 e. The molecule has 0 aliphatic carbocycles. The SMILES string of the molecule is CC(C)(C)OC(=O)N[C@@H](CCC(=O)O)C(=S)Nc1cc([N+](=O)[O-])ccc1N. The molecular weight excluding hydrogens is 376 g/mol. The van der Waals surface area contributed by atoms with E-state index in [1.54, 1.807) is 20.8 Å². The summed E-state index contributed by atoms with van der Waals surface area (Å²) in [6.07, 6.45) is -1.03. The zero-order chi connectivity index (χ0) is 20.8. The number of nitro benzene ring substituents is 1. The Kier molecular flexibility index (Phi) is 7.46. The second-order valence-electron chi connectivity index (χ2n) is 6.65. The fraction of sp³-hybridized carbons (Fsp3) is 0.438. The molecular formula is C16H22N4O6S. The molecule has 27 heavy (non-hydrogen) atoms. The summed E-state index contributed by atoms with van der Waals surface area (Å²) >= 11 is 5.24. The van der Waals surface area contributed by atoms with Crippen molar-refractivity contribution in [3.8, 4) is 0 Å². The summed E-state index contributed by atoms with van der Waals surface area (Å²) in [5, 5.41) is 25.0. The highest BCUT2D eigenvalue weighted by atomic mass is 32.1. The molecule has 10 nitrogen and oxygen atoms in total. The Hall–Kier alpha value is -2.95. The number of non-ortho nitro benzene ring substituents is 1. The first-order valence-corrected chi connectivity index (χ1v) is 8.36. The van der Waals surface area contributed by atoms with Crippen molar-refractivity contribution in [1.82, 2.24) is 5.32 Å². The van der Waals surface area contributed by atoms with Gasteiger partial charge in [0.15, 0.2) is 0 Å². The number of carbonyl (C=O) groups excluding carboxylic acids is 1. The number of amides is 1. The summed E-state index contributed by atoms with van der Waals surface area (Å²) < 4.78 is 5.15. The minimum absolute atomic E-state index is 0.00472. The molecule has 0 heterocycles. The monoisotopic (exact) mass is 398 g/mol. The lowest BCUT2D eigenvalue weighted by Crippen LogP contribution is -2.45. The molecule has 0 saturated carbocycles. The lowest BCUT2D eigenvalue weighted by molar-refractivity contribution is -0.384. The number of alkyl carbamates (subject to hydrolysis) is 1. The molecule has 148 valence electrons. The normalized spacial score (nSPS) is 12.0. The van der Waals surface area contributed by atoms with E-state index >= 15 is 0 Å². The number of carbonyl (C=O) groups is 2. The maximum Gasteiger partial charge on any atom is 0.408 e. The van der Waals surface area contributed by atoms with E-state index in [9.17, 15) is 19.7 Å². The van der Waals surface area contributed by atoms with Gasteiger partial charge in [0.1, 0.15) is 10.6 Å². The van der Waals surface area contributed by atoms with Crippen molar-refractivity contribution in [2.75, 3.05) is 11.1 Å². The van der Waals surface area contributed by atoms with Crippen molar-refractivity contribution in [2.24, 2.45) is 0 Å². The number of anilines is 2. The first-order chi connectivity index (χ1) is 12.4. The van der Waals surface area contributed by atoms with Crippen LogP contribution in [0.3, 0.4) is 0 Å². The Morgan fingerprint density at radius 2 is 2.04 bits per heavy atom. The molecule has 0 aromatic heterocycles. The van der Waals surface area contributed by atoms with Crippen molar-refractivity contribution < 1.29 is 24.4 Å². The summed E-state index contributed by atoms with van der Waals surface area (Å²) in [6, 6.07) is 2.91. The number of nitrogens with zero attached hydrogens (tertiary/aromatic N) is 1. The van der Waals surface area contributed by atoms with Crippen molar-refractivity contribution in [3.05, 3.63) is 28.3 Å². The second-order valence-corrected chi connectivity index (χ2v) is 7.09. The van der Waals surface area contributed by atoms with Gasteiger partial charge in [0.25, 0.3) is 5.69 Å². The molecule has 1 rings (SSSR count). The van der Waals surface area contributed by atoms with Crippen LogP contribution in [-0.2, 0) is 9.53 Å². The van der Waals surface area contributed by atoms with Gasteiger partial charge in [-0.25, -0.2) is 4.79 Å². The van der Waals surface area contributed by atoms with E-state index in [1.165, 1.54) is 18.2 Å². The molecule has 0 spiro atoms. The van der Waals surface area contributed by atoms with Crippen molar-refractivity contribution >= 4 is 46.3 Å². The number of nitrogen functional groups attached to an aromatic ring is 1. The molecule has 0 radical (unpaired) electrons. The summed E-state index contributed by atoms with van der Waals surface area (Å²) in [6.45, 7) is 5.04. The lowest BCUT2D eigenvalue weighted by atomic mass is 10.1. The van der Waals surface area contributed by atoms with E-state index in [1.807, 2.05) is 0 Å². The minimum atomic E-state index is -1.07. The fourth-order valence-electron chi connectivity index (χ4n) is 1.97. The molecule has 1 aromatic carbocycles. The topological polar surface area (TPSA) is 157 Å². The summed E-state index contributed by atoms with van der Waals surface area (Å²) in [4.78, 5) is 33.2. The number of carboxylic acid groups (broad SMARTS) is 1. The van der Waals surface area contributed by atoms with Gasteiger partial charge in [0, 0.05) is 18.6 Å². The zero-order valence-corrected chi connectivity index (χ0v) is 16.0. The molecule has 5 N–H and O–H groups in total. The van der Waals surface area contributed by atoms with Gasteiger partial charge in [0.2, 0.25) is 0 Å². The van der Waals surface area contributed by atoms with Crippen LogP contribution in [0.1, 0.15) is 33.6 Å². The van der Waals surface area contributed by atoms with E-state index in [0.29, 0.717) is 0 Å². The van der Waals surface area contributed by atoms with Crippen molar-refractivity contribution in [1.29, 1.82) is 0 Å². The third-order valence-corrected chi connectivity index (χ3v) is 3.55. The van der Waals surface area contributed by atoms with E-state index in [0.717, 1.165) is 0 Å². The van der Waals surface area contributed by atoms with E-state index in [-0.39, 0.29) is 34.9 Å². The average molecular weight is 398 g/mol. The zero-order valence-electron chi connectivity index (χ0n) is 15.1. The predicted molar refractivity (Wildman–Crippen MR) is 104 cm³/mol. The number of ether oxygens (including phenoxy) is 1. The Labute approximate surface area is 161 Å². The number of nitrogens with one attached hydrogen (secondary N) is 2. The van der Waals surface area contributed by atoms with Crippen LogP contribution >= 0.6 is 12.2 Å². The number of aliphatic carboxylic acids is 1.